The molecule has 1 amide bonds. The first-order valence-corrected chi connectivity index (χ1v) is 8.66. The number of thiophene rings is 1. The van der Waals surface area contributed by atoms with Crippen molar-refractivity contribution in [2.45, 2.75) is 69.9 Å². The average molecular weight is 293 g/mol. The van der Waals surface area contributed by atoms with Gasteiger partial charge in [0.05, 0.1) is 17.0 Å². The zero-order valence-corrected chi connectivity index (χ0v) is 12.7. The molecule has 0 aliphatic heterocycles. The highest BCUT2D eigenvalue weighted by Crippen LogP contribution is 2.30. The first-order valence-electron chi connectivity index (χ1n) is 7.84. The van der Waals surface area contributed by atoms with E-state index in [-0.39, 0.29) is 18.1 Å². The summed E-state index contributed by atoms with van der Waals surface area (Å²) >= 11 is 1.64. The molecule has 1 fully saturated rings. The minimum atomic E-state index is -0.379. The summed E-state index contributed by atoms with van der Waals surface area (Å²) in [6, 6.07) is 2.00. The van der Waals surface area contributed by atoms with Crippen molar-refractivity contribution in [3.8, 4) is 0 Å². The number of aryl methyl sites for hydroxylation is 2. The summed E-state index contributed by atoms with van der Waals surface area (Å²) in [6.07, 6.45) is 9.40. The third-order valence-electron chi connectivity index (χ3n) is 4.52. The van der Waals surface area contributed by atoms with Crippen molar-refractivity contribution >= 4 is 17.2 Å². The summed E-state index contributed by atoms with van der Waals surface area (Å²) in [4.78, 5) is 14.6. The molecule has 2 aliphatic carbocycles. The number of aliphatic hydroxyl groups excluding tert-OH is 1. The molecule has 2 aliphatic rings. The fraction of sp³-hybridized carbons (Fsp3) is 0.688. The highest BCUT2D eigenvalue weighted by molar-refractivity contribution is 7.14. The predicted molar refractivity (Wildman–Crippen MR) is 81.3 cm³/mol. The molecule has 4 heteroatoms. The molecule has 0 aromatic carbocycles. The van der Waals surface area contributed by atoms with Crippen LogP contribution in [0.5, 0.6) is 0 Å². The van der Waals surface area contributed by atoms with Gasteiger partial charge in [0.15, 0.2) is 0 Å². The van der Waals surface area contributed by atoms with Gasteiger partial charge in [0.25, 0.3) is 5.91 Å². The lowest BCUT2D eigenvalue weighted by Crippen LogP contribution is -2.42. The van der Waals surface area contributed by atoms with E-state index in [2.05, 4.69) is 11.4 Å². The molecule has 1 heterocycles. The van der Waals surface area contributed by atoms with Crippen LogP contribution in [-0.2, 0) is 12.8 Å². The van der Waals surface area contributed by atoms with E-state index in [0.717, 1.165) is 49.8 Å². The van der Waals surface area contributed by atoms with Crippen LogP contribution in [0, 0.1) is 0 Å². The lowest BCUT2D eigenvalue weighted by atomic mass is 9.99. The molecule has 2 unspecified atom stereocenters. The first-order chi connectivity index (χ1) is 9.74. The van der Waals surface area contributed by atoms with Gasteiger partial charge >= 0.3 is 0 Å². The molecular weight excluding hydrogens is 270 g/mol. The molecule has 3 rings (SSSR count). The van der Waals surface area contributed by atoms with Crippen LogP contribution in [0.25, 0.3) is 0 Å². The molecular formula is C16H23NO2S. The highest BCUT2D eigenvalue weighted by atomic mass is 32.1. The van der Waals surface area contributed by atoms with E-state index >= 15 is 0 Å². The summed E-state index contributed by atoms with van der Waals surface area (Å²) in [5, 5.41) is 13.2. The maximum Gasteiger partial charge on any atom is 0.261 e. The first kappa shape index (κ1) is 14.1. The molecule has 20 heavy (non-hydrogen) atoms. The minimum absolute atomic E-state index is 0.00958. The van der Waals surface area contributed by atoms with Gasteiger partial charge in [0.2, 0.25) is 0 Å². The van der Waals surface area contributed by atoms with E-state index in [1.54, 1.807) is 11.3 Å². The van der Waals surface area contributed by atoms with E-state index in [4.69, 9.17) is 0 Å². The van der Waals surface area contributed by atoms with Gasteiger partial charge in [-0.15, -0.1) is 11.3 Å². The Morgan fingerprint density at radius 2 is 1.95 bits per heavy atom. The van der Waals surface area contributed by atoms with E-state index in [0.29, 0.717) is 0 Å². The Morgan fingerprint density at radius 3 is 2.80 bits per heavy atom. The number of carbonyl (C=O) groups excluding carboxylic acids is 1. The van der Waals surface area contributed by atoms with Crippen molar-refractivity contribution in [2.75, 3.05) is 0 Å². The third-order valence-corrected chi connectivity index (χ3v) is 5.75. The SMILES string of the molecule is O=C(NC1CCCCCC1O)c1cc2c(s1)CCCC2. The number of nitrogens with one attached hydrogen (secondary N) is 1. The molecule has 1 aromatic rings. The summed E-state index contributed by atoms with van der Waals surface area (Å²) < 4.78 is 0. The van der Waals surface area contributed by atoms with Gasteiger partial charge in [0.1, 0.15) is 0 Å². The maximum absolute atomic E-state index is 12.4. The Hall–Kier alpha value is -0.870. The molecule has 0 radical (unpaired) electrons. The van der Waals surface area contributed by atoms with Gasteiger partial charge in [0, 0.05) is 4.88 Å². The number of aliphatic hydroxyl groups is 1. The summed E-state index contributed by atoms with van der Waals surface area (Å²) in [5.41, 5.74) is 1.37. The quantitative estimate of drug-likeness (QED) is 0.823. The fourth-order valence-electron chi connectivity index (χ4n) is 3.30. The van der Waals surface area contributed by atoms with Crippen molar-refractivity contribution in [1.29, 1.82) is 0 Å². The topological polar surface area (TPSA) is 49.3 Å². The molecule has 2 atom stereocenters. The normalized spacial score (nSPS) is 26.6. The summed E-state index contributed by atoms with van der Waals surface area (Å²) in [7, 11) is 0. The number of amides is 1. The summed E-state index contributed by atoms with van der Waals surface area (Å²) in [6.45, 7) is 0. The largest absolute Gasteiger partial charge is 0.391 e. The van der Waals surface area contributed by atoms with Crippen molar-refractivity contribution in [3.63, 3.8) is 0 Å². The van der Waals surface area contributed by atoms with Crippen molar-refractivity contribution in [2.24, 2.45) is 0 Å². The van der Waals surface area contributed by atoms with Crippen LogP contribution in [0.3, 0.4) is 0 Å². The Labute approximate surface area is 124 Å². The molecule has 0 saturated heterocycles. The lowest BCUT2D eigenvalue weighted by molar-refractivity contribution is 0.0822. The number of carbonyl (C=O) groups is 1. The summed E-state index contributed by atoms with van der Waals surface area (Å²) in [5.74, 6) is 0.00958. The van der Waals surface area contributed by atoms with Crippen molar-refractivity contribution < 1.29 is 9.90 Å². The number of fused-ring (bicyclic) bond motifs is 1. The standard InChI is InChI=1S/C16H23NO2S/c18-13-8-3-1-2-7-12(13)17-16(19)15-10-11-6-4-5-9-14(11)20-15/h10,12-13,18H,1-9H2,(H,17,19). The zero-order chi connectivity index (χ0) is 13.9. The fourth-order valence-corrected chi connectivity index (χ4v) is 4.46. The van der Waals surface area contributed by atoms with E-state index in [1.807, 2.05) is 0 Å². The Morgan fingerprint density at radius 1 is 1.15 bits per heavy atom. The molecule has 0 bridgehead atoms. The monoisotopic (exact) mass is 293 g/mol. The highest BCUT2D eigenvalue weighted by Gasteiger charge is 2.25. The predicted octanol–water partition coefficient (Wildman–Crippen LogP) is 3.05. The molecule has 110 valence electrons. The van der Waals surface area contributed by atoms with Crippen LogP contribution in [-0.4, -0.2) is 23.2 Å². The van der Waals surface area contributed by atoms with Gasteiger partial charge in [-0.3, -0.25) is 4.79 Å². The van der Waals surface area contributed by atoms with Gasteiger partial charge in [-0.2, -0.15) is 0 Å². The van der Waals surface area contributed by atoms with Gasteiger partial charge in [-0.25, -0.2) is 0 Å². The third kappa shape index (κ3) is 3.07. The van der Waals surface area contributed by atoms with Gasteiger partial charge < -0.3 is 10.4 Å². The molecule has 1 aromatic heterocycles. The smallest absolute Gasteiger partial charge is 0.261 e. The van der Waals surface area contributed by atoms with Gasteiger partial charge in [-0.1, -0.05) is 19.3 Å². The second-order valence-corrected chi connectivity index (χ2v) is 7.19. The minimum Gasteiger partial charge on any atom is -0.391 e. The maximum atomic E-state index is 12.4. The molecule has 0 spiro atoms. The van der Waals surface area contributed by atoms with Crippen molar-refractivity contribution in [3.05, 3.63) is 21.4 Å². The second kappa shape index (κ2) is 6.27. The number of hydrogen-bond donors (Lipinski definition) is 2. The van der Waals surface area contributed by atoms with E-state index in [9.17, 15) is 9.90 Å². The Kier molecular flexibility index (Phi) is 4.41. The Bertz CT molecular complexity index is 459. The molecule has 2 N–H and O–H groups in total. The number of rotatable bonds is 2. The molecule has 3 nitrogen and oxygen atoms in total. The zero-order valence-electron chi connectivity index (χ0n) is 11.9. The van der Waals surface area contributed by atoms with E-state index in [1.165, 1.54) is 23.3 Å². The lowest BCUT2D eigenvalue weighted by Gasteiger charge is -2.21. The van der Waals surface area contributed by atoms with Gasteiger partial charge in [-0.05, 0) is 50.2 Å². The van der Waals surface area contributed by atoms with Crippen LogP contribution in [0.1, 0.15) is 65.1 Å². The number of hydrogen-bond acceptors (Lipinski definition) is 3. The van der Waals surface area contributed by atoms with Crippen LogP contribution in [0.2, 0.25) is 0 Å². The van der Waals surface area contributed by atoms with Crippen molar-refractivity contribution in [1.82, 2.24) is 5.32 Å². The van der Waals surface area contributed by atoms with Crippen LogP contribution < -0.4 is 5.32 Å². The van der Waals surface area contributed by atoms with Crippen LogP contribution in [0.15, 0.2) is 6.07 Å². The van der Waals surface area contributed by atoms with E-state index < -0.39 is 0 Å². The molecule has 1 saturated carbocycles. The average Bonchev–Trinajstić information content (AvgIpc) is 2.79. The Balaban J connectivity index is 1.67. The van der Waals surface area contributed by atoms with Crippen LogP contribution in [0.4, 0.5) is 0 Å². The van der Waals surface area contributed by atoms with Crippen LogP contribution >= 0.6 is 11.3 Å². The second-order valence-electron chi connectivity index (χ2n) is 6.05.